The first-order chi connectivity index (χ1) is 12.6. The first-order valence-corrected chi connectivity index (χ1v) is 9.28. The van der Waals surface area contributed by atoms with Gasteiger partial charge in [-0.2, -0.15) is 0 Å². The first-order valence-electron chi connectivity index (χ1n) is 9.28. The van der Waals surface area contributed by atoms with Gasteiger partial charge in [-0.25, -0.2) is 0 Å². The fourth-order valence-corrected chi connectivity index (χ4v) is 3.25. The van der Waals surface area contributed by atoms with Crippen LogP contribution in [0.1, 0.15) is 30.5 Å². The molecule has 1 heteroatoms. The molecule has 0 atom stereocenters. The van der Waals surface area contributed by atoms with Gasteiger partial charge in [-0.1, -0.05) is 68.4 Å². The molecule has 0 aliphatic heterocycles. The van der Waals surface area contributed by atoms with Crippen molar-refractivity contribution in [3.8, 4) is 22.3 Å². The molecule has 0 unspecified atom stereocenters. The van der Waals surface area contributed by atoms with Gasteiger partial charge in [-0.05, 0) is 60.2 Å². The summed E-state index contributed by atoms with van der Waals surface area (Å²) >= 11 is 0. The highest BCUT2D eigenvalue weighted by Crippen LogP contribution is 2.32. The Bertz CT molecular complexity index is 997. The molecule has 0 radical (unpaired) electrons. The predicted octanol–water partition coefficient (Wildman–Crippen LogP) is 7.72. The summed E-state index contributed by atoms with van der Waals surface area (Å²) < 4.78 is 5.66. The molecule has 1 nitrogen and oxygen atoms in total. The van der Waals surface area contributed by atoms with Gasteiger partial charge in [-0.15, -0.1) is 0 Å². The van der Waals surface area contributed by atoms with Gasteiger partial charge in [0.1, 0.15) is 5.58 Å². The highest BCUT2D eigenvalue weighted by atomic mass is 16.3. The van der Waals surface area contributed by atoms with Gasteiger partial charge in [-0.3, -0.25) is 0 Å². The molecule has 0 bridgehead atoms. The Morgan fingerprint density at radius 3 is 1.88 bits per heavy atom. The van der Waals surface area contributed by atoms with Gasteiger partial charge in [0, 0.05) is 10.9 Å². The van der Waals surface area contributed by atoms with Crippen LogP contribution in [0, 0.1) is 20.8 Å². The van der Waals surface area contributed by atoms with Gasteiger partial charge in [0.05, 0.1) is 6.26 Å². The van der Waals surface area contributed by atoms with Gasteiger partial charge < -0.3 is 4.42 Å². The van der Waals surface area contributed by atoms with Crippen LogP contribution < -0.4 is 0 Å². The third-order valence-electron chi connectivity index (χ3n) is 4.94. The number of aryl methyl sites for hydroxylation is 2. The first kappa shape index (κ1) is 18.0. The van der Waals surface area contributed by atoms with Crippen molar-refractivity contribution >= 4 is 11.0 Å². The van der Waals surface area contributed by atoms with Crippen LogP contribution in [0.15, 0.2) is 71.3 Å². The largest absolute Gasteiger partial charge is 0.464 e. The van der Waals surface area contributed by atoms with Crippen LogP contribution in [-0.2, 0) is 0 Å². The monoisotopic (exact) mass is 342 g/mol. The summed E-state index contributed by atoms with van der Waals surface area (Å²) in [5.74, 6) is 0. The average Bonchev–Trinajstić information content (AvgIpc) is 3.11. The SMILES string of the molecule is CC.Cc1cc(-c2ccc(-c3coc4ccccc34)cc2)cc(C)c1C. The van der Waals surface area contributed by atoms with Crippen LogP contribution in [0.5, 0.6) is 0 Å². The molecule has 0 aliphatic carbocycles. The van der Waals surface area contributed by atoms with Crippen molar-refractivity contribution in [2.45, 2.75) is 34.6 Å². The van der Waals surface area contributed by atoms with Gasteiger partial charge in [0.25, 0.3) is 0 Å². The summed E-state index contributed by atoms with van der Waals surface area (Å²) in [6.45, 7) is 10.5. The quantitative estimate of drug-likeness (QED) is 0.363. The third kappa shape index (κ3) is 3.30. The van der Waals surface area contributed by atoms with E-state index in [0.29, 0.717) is 0 Å². The molecule has 132 valence electrons. The lowest BCUT2D eigenvalue weighted by Gasteiger charge is -2.10. The second-order valence-electron chi connectivity index (χ2n) is 6.46. The van der Waals surface area contributed by atoms with Crippen molar-refractivity contribution in [2.24, 2.45) is 0 Å². The average molecular weight is 342 g/mol. The second kappa shape index (κ2) is 7.61. The Balaban J connectivity index is 0.000000948. The van der Waals surface area contributed by atoms with E-state index < -0.39 is 0 Å². The maximum absolute atomic E-state index is 5.66. The number of para-hydroxylation sites is 1. The van der Waals surface area contributed by atoms with Crippen molar-refractivity contribution in [1.29, 1.82) is 0 Å². The fraction of sp³-hybridized carbons (Fsp3) is 0.200. The molecule has 0 amide bonds. The minimum atomic E-state index is 0.932. The van der Waals surface area contributed by atoms with Crippen molar-refractivity contribution in [2.75, 3.05) is 0 Å². The highest BCUT2D eigenvalue weighted by molar-refractivity contribution is 5.94. The Labute approximate surface area is 156 Å². The predicted molar refractivity (Wildman–Crippen MR) is 113 cm³/mol. The topological polar surface area (TPSA) is 13.1 Å². The van der Waals surface area contributed by atoms with Crippen LogP contribution in [0.4, 0.5) is 0 Å². The van der Waals surface area contributed by atoms with Crippen molar-refractivity contribution in [3.63, 3.8) is 0 Å². The van der Waals surface area contributed by atoms with Crippen LogP contribution in [-0.4, -0.2) is 0 Å². The van der Waals surface area contributed by atoms with E-state index in [1.54, 1.807) is 0 Å². The number of hydrogen-bond acceptors (Lipinski definition) is 1. The van der Waals surface area contributed by atoms with E-state index in [2.05, 4.69) is 63.2 Å². The second-order valence-corrected chi connectivity index (χ2v) is 6.46. The van der Waals surface area contributed by atoms with E-state index in [4.69, 9.17) is 4.42 Å². The number of benzene rings is 3. The lowest BCUT2D eigenvalue weighted by molar-refractivity contribution is 0.617. The Kier molecular flexibility index (Phi) is 5.27. The molecule has 0 aliphatic rings. The standard InChI is InChI=1S/C23H20O.C2H6/c1-15-12-20(13-16(2)17(15)3)18-8-10-19(11-9-18)22-14-24-23-7-5-4-6-21(22)23;1-2/h4-14H,1-3H3;1-2H3. The van der Waals surface area contributed by atoms with E-state index in [1.165, 1.54) is 33.4 Å². The zero-order valence-electron chi connectivity index (χ0n) is 16.3. The zero-order valence-corrected chi connectivity index (χ0v) is 16.3. The van der Waals surface area contributed by atoms with Crippen LogP contribution >= 0.6 is 0 Å². The molecule has 0 N–H and O–H groups in total. The van der Waals surface area contributed by atoms with E-state index >= 15 is 0 Å². The molecule has 0 spiro atoms. The van der Waals surface area contributed by atoms with E-state index in [9.17, 15) is 0 Å². The van der Waals surface area contributed by atoms with Gasteiger partial charge in [0.2, 0.25) is 0 Å². The number of fused-ring (bicyclic) bond motifs is 1. The molecular weight excluding hydrogens is 316 g/mol. The summed E-state index contributed by atoms with van der Waals surface area (Å²) in [4.78, 5) is 0. The molecule has 4 rings (SSSR count). The Hall–Kier alpha value is -2.80. The molecule has 26 heavy (non-hydrogen) atoms. The molecule has 0 saturated heterocycles. The van der Waals surface area contributed by atoms with Crippen molar-refractivity contribution in [3.05, 3.63) is 83.6 Å². The number of rotatable bonds is 2. The molecule has 0 fully saturated rings. The third-order valence-corrected chi connectivity index (χ3v) is 4.94. The van der Waals surface area contributed by atoms with E-state index in [-0.39, 0.29) is 0 Å². The molecular formula is C25H26O. The van der Waals surface area contributed by atoms with Gasteiger partial charge >= 0.3 is 0 Å². The lowest BCUT2D eigenvalue weighted by atomic mass is 9.95. The Morgan fingerprint density at radius 2 is 1.23 bits per heavy atom. The normalized spacial score (nSPS) is 10.5. The van der Waals surface area contributed by atoms with Crippen molar-refractivity contribution in [1.82, 2.24) is 0 Å². The van der Waals surface area contributed by atoms with Gasteiger partial charge in [0.15, 0.2) is 0 Å². The summed E-state index contributed by atoms with van der Waals surface area (Å²) in [6.07, 6.45) is 1.85. The molecule has 1 aromatic heterocycles. The lowest BCUT2D eigenvalue weighted by Crippen LogP contribution is -1.88. The maximum Gasteiger partial charge on any atom is 0.134 e. The van der Waals surface area contributed by atoms with E-state index in [1.807, 2.05) is 38.3 Å². The summed E-state index contributed by atoms with van der Waals surface area (Å²) in [5.41, 5.74) is 9.85. The van der Waals surface area contributed by atoms with Crippen LogP contribution in [0.2, 0.25) is 0 Å². The fourth-order valence-electron chi connectivity index (χ4n) is 3.25. The number of hydrogen-bond donors (Lipinski definition) is 0. The summed E-state index contributed by atoms with van der Waals surface area (Å²) in [5, 5.41) is 1.16. The Morgan fingerprint density at radius 1 is 0.654 bits per heavy atom. The molecule has 0 saturated carbocycles. The minimum Gasteiger partial charge on any atom is -0.464 e. The zero-order chi connectivity index (χ0) is 18.7. The molecule has 4 aromatic rings. The minimum absolute atomic E-state index is 0.932. The smallest absolute Gasteiger partial charge is 0.134 e. The summed E-state index contributed by atoms with van der Waals surface area (Å²) in [6, 6.07) is 21.4. The van der Waals surface area contributed by atoms with Crippen molar-refractivity contribution < 1.29 is 4.42 Å². The molecule has 1 heterocycles. The molecule has 3 aromatic carbocycles. The summed E-state index contributed by atoms with van der Waals surface area (Å²) in [7, 11) is 0. The maximum atomic E-state index is 5.66. The highest BCUT2D eigenvalue weighted by Gasteiger charge is 2.08. The van der Waals surface area contributed by atoms with Crippen LogP contribution in [0.25, 0.3) is 33.2 Å². The number of furan rings is 1. The van der Waals surface area contributed by atoms with E-state index in [0.717, 1.165) is 16.5 Å². The van der Waals surface area contributed by atoms with Crippen LogP contribution in [0.3, 0.4) is 0 Å².